The summed E-state index contributed by atoms with van der Waals surface area (Å²) in [4.78, 5) is 4.47. The lowest BCUT2D eigenvalue weighted by atomic mass is 9.93. The van der Waals surface area contributed by atoms with Gasteiger partial charge in [0.05, 0.1) is 0 Å². The van der Waals surface area contributed by atoms with Crippen LogP contribution in [-0.2, 0) is 17.7 Å². The van der Waals surface area contributed by atoms with Crippen LogP contribution in [0.4, 0.5) is 0 Å². The second-order valence-electron chi connectivity index (χ2n) is 6.59. The summed E-state index contributed by atoms with van der Waals surface area (Å²) in [5.74, 6) is 2.09. The van der Waals surface area contributed by atoms with Crippen LogP contribution in [-0.4, -0.2) is 29.4 Å². The first-order chi connectivity index (χ1) is 11.8. The Morgan fingerprint density at radius 1 is 1.29 bits per heavy atom. The normalized spacial score (nSPS) is 17.1. The van der Waals surface area contributed by atoms with Crippen molar-refractivity contribution in [1.29, 1.82) is 0 Å². The van der Waals surface area contributed by atoms with Crippen molar-refractivity contribution in [3.8, 4) is 11.5 Å². The highest BCUT2D eigenvalue weighted by atomic mass is 16.5. The second kappa shape index (κ2) is 8.40. The standard InChI is InChI=1S/C19H27N3O2/c1-3-5-18-21-19(24-22-18)17-7-4-6-15(12-17)13-20-14(2)16-8-10-23-11-9-16/h4,6-7,12,14,16,20H,3,5,8-11,13H2,1-2H3. The van der Waals surface area contributed by atoms with Gasteiger partial charge in [-0.3, -0.25) is 0 Å². The molecule has 1 aliphatic heterocycles. The van der Waals surface area contributed by atoms with Crippen LogP contribution in [0.25, 0.3) is 11.5 Å². The number of ether oxygens (including phenoxy) is 1. The third-order valence-electron chi connectivity index (χ3n) is 4.72. The van der Waals surface area contributed by atoms with E-state index in [9.17, 15) is 0 Å². The molecular formula is C19H27N3O2. The molecule has 0 bridgehead atoms. The Labute approximate surface area is 143 Å². The largest absolute Gasteiger partial charge is 0.381 e. The summed E-state index contributed by atoms with van der Waals surface area (Å²) in [5.41, 5.74) is 2.23. The molecule has 0 aliphatic carbocycles. The minimum atomic E-state index is 0.497. The zero-order valence-electron chi connectivity index (χ0n) is 14.6. The zero-order valence-corrected chi connectivity index (χ0v) is 14.6. The molecule has 1 N–H and O–H groups in total. The number of nitrogens with zero attached hydrogens (tertiary/aromatic N) is 2. The van der Waals surface area contributed by atoms with E-state index in [1.807, 2.05) is 6.07 Å². The Balaban J connectivity index is 1.60. The molecule has 5 nitrogen and oxygen atoms in total. The van der Waals surface area contributed by atoms with E-state index in [2.05, 4.69) is 47.5 Å². The lowest BCUT2D eigenvalue weighted by Crippen LogP contribution is -2.36. The second-order valence-corrected chi connectivity index (χ2v) is 6.59. The van der Waals surface area contributed by atoms with E-state index in [0.717, 1.165) is 56.8 Å². The monoisotopic (exact) mass is 329 g/mol. The lowest BCUT2D eigenvalue weighted by molar-refractivity contribution is 0.0558. The highest BCUT2D eigenvalue weighted by molar-refractivity contribution is 5.54. The van der Waals surface area contributed by atoms with Gasteiger partial charge < -0.3 is 14.6 Å². The lowest BCUT2D eigenvalue weighted by Gasteiger charge is -2.28. The zero-order chi connectivity index (χ0) is 16.8. The van der Waals surface area contributed by atoms with Crippen molar-refractivity contribution >= 4 is 0 Å². The van der Waals surface area contributed by atoms with E-state index in [1.165, 1.54) is 5.56 Å². The van der Waals surface area contributed by atoms with Gasteiger partial charge in [-0.1, -0.05) is 24.2 Å². The first-order valence-corrected chi connectivity index (χ1v) is 8.99. The number of benzene rings is 1. The highest BCUT2D eigenvalue weighted by Gasteiger charge is 2.20. The van der Waals surface area contributed by atoms with E-state index in [4.69, 9.17) is 9.26 Å². The molecule has 0 saturated carbocycles. The maximum atomic E-state index is 5.45. The van der Waals surface area contributed by atoms with Crippen molar-refractivity contribution < 1.29 is 9.26 Å². The predicted octanol–water partition coefficient (Wildman–Crippen LogP) is 3.59. The molecule has 1 aromatic carbocycles. The molecule has 0 amide bonds. The summed E-state index contributed by atoms with van der Waals surface area (Å²) < 4.78 is 10.8. The van der Waals surface area contributed by atoms with Crippen LogP contribution in [0, 0.1) is 5.92 Å². The highest BCUT2D eigenvalue weighted by Crippen LogP contribution is 2.21. The van der Waals surface area contributed by atoms with Gasteiger partial charge >= 0.3 is 0 Å². The molecule has 1 saturated heterocycles. The molecule has 3 rings (SSSR count). The number of nitrogens with one attached hydrogen (secondary N) is 1. The van der Waals surface area contributed by atoms with Gasteiger partial charge in [0.15, 0.2) is 5.82 Å². The maximum absolute atomic E-state index is 5.45. The fourth-order valence-corrected chi connectivity index (χ4v) is 3.17. The van der Waals surface area contributed by atoms with Crippen LogP contribution in [0.15, 0.2) is 28.8 Å². The maximum Gasteiger partial charge on any atom is 0.257 e. The van der Waals surface area contributed by atoms with Crippen molar-refractivity contribution in [3.05, 3.63) is 35.7 Å². The molecule has 1 aliphatic rings. The van der Waals surface area contributed by atoms with Crippen molar-refractivity contribution in [3.63, 3.8) is 0 Å². The average molecular weight is 329 g/mol. The molecule has 5 heteroatoms. The quantitative estimate of drug-likeness (QED) is 0.841. The number of aromatic nitrogens is 2. The van der Waals surface area contributed by atoms with Crippen molar-refractivity contribution in [2.24, 2.45) is 5.92 Å². The van der Waals surface area contributed by atoms with E-state index >= 15 is 0 Å². The van der Waals surface area contributed by atoms with E-state index in [-0.39, 0.29) is 0 Å². The number of aryl methyl sites for hydroxylation is 1. The molecule has 2 heterocycles. The van der Waals surface area contributed by atoms with Gasteiger partial charge in [-0.05, 0) is 49.8 Å². The Bertz CT molecular complexity index is 635. The molecule has 1 unspecified atom stereocenters. The molecule has 1 aromatic heterocycles. The first-order valence-electron chi connectivity index (χ1n) is 8.99. The molecule has 2 aromatic rings. The smallest absolute Gasteiger partial charge is 0.257 e. The fourth-order valence-electron chi connectivity index (χ4n) is 3.17. The van der Waals surface area contributed by atoms with Gasteiger partial charge in [0.1, 0.15) is 0 Å². The van der Waals surface area contributed by atoms with E-state index < -0.39 is 0 Å². The summed E-state index contributed by atoms with van der Waals surface area (Å²) in [6, 6.07) is 8.84. The van der Waals surface area contributed by atoms with Gasteiger partial charge in [0.2, 0.25) is 0 Å². The fraction of sp³-hybridized carbons (Fsp3) is 0.579. The van der Waals surface area contributed by atoms with Gasteiger partial charge in [-0.2, -0.15) is 4.98 Å². The Morgan fingerprint density at radius 3 is 2.92 bits per heavy atom. The van der Waals surface area contributed by atoms with Crippen LogP contribution >= 0.6 is 0 Å². The summed E-state index contributed by atoms with van der Waals surface area (Å²) in [5, 5.41) is 7.68. The van der Waals surface area contributed by atoms with Gasteiger partial charge in [-0.25, -0.2) is 0 Å². The van der Waals surface area contributed by atoms with Crippen molar-refractivity contribution in [2.75, 3.05) is 13.2 Å². The van der Waals surface area contributed by atoms with Crippen LogP contribution in [0.5, 0.6) is 0 Å². The minimum Gasteiger partial charge on any atom is -0.381 e. The first kappa shape index (κ1) is 17.1. The average Bonchev–Trinajstić information content (AvgIpc) is 3.10. The van der Waals surface area contributed by atoms with Gasteiger partial charge in [0.25, 0.3) is 5.89 Å². The molecular weight excluding hydrogens is 302 g/mol. The predicted molar refractivity (Wildman–Crippen MR) is 93.6 cm³/mol. The number of rotatable bonds is 7. The summed E-state index contributed by atoms with van der Waals surface area (Å²) in [6.45, 7) is 7.02. The topological polar surface area (TPSA) is 60.2 Å². The molecule has 0 radical (unpaired) electrons. The van der Waals surface area contributed by atoms with Crippen LogP contribution in [0.1, 0.15) is 44.5 Å². The number of hydrogen-bond donors (Lipinski definition) is 1. The molecule has 1 atom stereocenters. The Kier molecular flexibility index (Phi) is 5.99. The van der Waals surface area contributed by atoms with Crippen LogP contribution in [0.3, 0.4) is 0 Å². The summed E-state index contributed by atoms with van der Waals surface area (Å²) >= 11 is 0. The molecule has 130 valence electrons. The van der Waals surface area contributed by atoms with Gasteiger partial charge in [-0.15, -0.1) is 0 Å². The minimum absolute atomic E-state index is 0.497. The summed E-state index contributed by atoms with van der Waals surface area (Å²) in [7, 11) is 0. The third-order valence-corrected chi connectivity index (χ3v) is 4.72. The van der Waals surface area contributed by atoms with E-state index in [1.54, 1.807) is 0 Å². The molecule has 1 fully saturated rings. The van der Waals surface area contributed by atoms with Crippen LogP contribution < -0.4 is 5.32 Å². The van der Waals surface area contributed by atoms with Crippen molar-refractivity contribution in [1.82, 2.24) is 15.5 Å². The van der Waals surface area contributed by atoms with Crippen molar-refractivity contribution in [2.45, 2.75) is 52.1 Å². The summed E-state index contributed by atoms with van der Waals surface area (Å²) in [6.07, 6.45) is 4.17. The molecule has 0 spiro atoms. The van der Waals surface area contributed by atoms with Gasteiger partial charge in [0, 0.05) is 37.8 Å². The third kappa shape index (κ3) is 4.42. The molecule has 24 heavy (non-hydrogen) atoms. The Morgan fingerprint density at radius 2 is 2.12 bits per heavy atom. The SMILES string of the molecule is CCCc1noc(-c2cccc(CNC(C)C3CCOCC3)c2)n1. The van der Waals surface area contributed by atoms with E-state index in [0.29, 0.717) is 17.9 Å². The van der Waals surface area contributed by atoms with Crippen LogP contribution in [0.2, 0.25) is 0 Å². The number of hydrogen-bond acceptors (Lipinski definition) is 5. The Hall–Kier alpha value is -1.72.